The number of hydrogen-bond donors (Lipinski definition) is 0. The molecule has 118 valence electrons. The Bertz CT molecular complexity index is 596. The van der Waals surface area contributed by atoms with E-state index in [1.165, 1.54) is 0 Å². The van der Waals surface area contributed by atoms with Gasteiger partial charge in [-0.05, 0) is 76.5 Å². The number of hydrogen-bond acceptors (Lipinski definition) is 2. The van der Waals surface area contributed by atoms with Crippen molar-refractivity contribution in [3.63, 3.8) is 0 Å². The smallest absolute Gasteiger partial charge is 0.403 e. The molecule has 2 bridgehead atoms. The SMILES string of the molecule is Cc1cccc(F)c1C12CC(B3OC(C)(C)C(C)(C)O3)(C1)C2. The zero-order chi connectivity index (χ0) is 16.0. The normalized spacial score (nSPS) is 37.6. The zero-order valence-electron chi connectivity index (χ0n) is 14.1. The van der Waals surface area contributed by atoms with E-state index >= 15 is 0 Å². The molecule has 0 unspecified atom stereocenters. The first-order valence-electron chi connectivity index (χ1n) is 8.22. The number of rotatable bonds is 2. The Morgan fingerprint density at radius 2 is 1.55 bits per heavy atom. The molecule has 4 aliphatic rings. The molecule has 0 atom stereocenters. The van der Waals surface area contributed by atoms with Gasteiger partial charge < -0.3 is 9.31 Å². The lowest BCUT2D eigenvalue weighted by atomic mass is 9.23. The van der Waals surface area contributed by atoms with E-state index in [-0.39, 0.29) is 34.9 Å². The molecule has 0 radical (unpaired) electrons. The first-order valence-corrected chi connectivity index (χ1v) is 8.22. The highest BCUT2D eigenvalue weighted by atomic mass is 19.1. The van der Waals surface area contributed by atoms with Gasteiger partial charge in [0.15, 0.2) is 0 Å². The lowest BCUT2D eigenvalue weighted by Gasteiger charge is -2.71. The van der Waals surface area contributed by atoms with Crippen LogP contribution in [0.4, 0.5) is 4.39 Å². The fourth-order valence-corrected chi connectivity index (χ4v) is 4.78. The minimum Gasteiger partial charge on any atom is -0.403 e. The van der Waals surface area contributed by atoms with Crippen molar-refractivity contribution in [1.82, 2.24) is 0 Å². The van der Waals surface area contributed by atoms with E-state index in [4.69, 9.17) is 9.31 Å². The van der Waals surface area contributed by atoms with Crippen molar-refractivity contribution in [1.29, 1.82) is 0 Å². The fraction of sp³-hybridized carbons (Fsp3) is 0.667. The molecule has 1 aromatic rings. The van der Waals surface area contributed by atoms with Crippen LogP contribution in [0.15, 0.2) is 18.2 Å². The van der Waals surface area contributed by atoms with Crippen molar-refractivity contribution in [2.45, 2.75) is 75.8 Å². The summed E-state index contributed by atoms with van der Waals surface area (Å²) in [7, 11) is -0.147. The van der Waals surface area contributed by atoms with Gasteiger partial charge in [-0.1, -0.05) is 12.1 Å². The van der Waals surface area contributed by atoms with Crippen LogP contribution >= 0.6 is 0 Å². The van der Waals surface area contributed by atoms with Gasteiger partial charge >= 0.3 is 7.12 Å². The lowest BCUT2D eigenvalue weighted by molar-refractivity contribution is -0.0411. The van der Waals surface area contributed by atoms with Crippen LogP contribution < -0.4 is 0 Å². The topological polar surface area (TPSA) is 18.5 Å². The summed E-state index contributed by atoms with van der Waals surface area (Å²) < 4.78 is 26.7. The lowest BCUT2D eigenvalue weighted by Crippen LogP contribution is -2.66. The van der Waals surface area contributed by atoms with Gasteiger partial charge in [-0.2, -0.15) is 0 Å². The van der Waals surface area contributed by atoms with Crippen LogP contribution in [0.3, 0.4) is 0 Å². The first kappa shape index (κ1) is 14.7. The third-order valence-corrected chi connectivity index (χ3v) is 6.58. The highest BCUT2D eigenvalue weighted by Crippen LogP contribution is 2.81. The molecule has 0 N–H and O–H groups in total. The van der Waals surface area contributed by atoms with Gasteiger partial charge in [-0.25, -0.2) is 4.39 Å². The molecule has 4 heteroatoms. The van der Waals surface area contributed by atoms with Gasteiger partial charge in [-0.15, -0.1) is 0 Å². The second-order valence-electron chi connectivity index (χ2n) is 8.69. The summed E-state index contributed by atoms with van der Waals surface area (Å²) in [5.74, 6) is -0.0535. The molecule has 22 heavy (non-hydrogen) atoms. The maximum Gasteiger partial charge on any atom is 0.464 e. The Kier molecular flexibility index (Phi) is 2.65. The minimum absolute atomic E-state index is 0.0268. The van der Waals surface area contributed by atoms with Crippen molar-refractivity contribution in [3.8, 4) is 0 Å². The predicted molar refractivity (Wildman–Crippen MR) is 85.4 cm³/mol. The van der Waals surface area contributed by atoms with Gasteiger partial charge in [0, 0.05) is 5.31 Å². The third kappa shape index (κ3) is 1.63. The monoisotopic (exact) mass is 302 g/mol. The van der Waals surface area contributed by atoms with E-state index in [0.717, 1.165) is 30.4 Å². The maximum atomic E-state index is 14.3. The van der Waals surface area contributed by atoms with Crippen LogP contribution in [0.1, 0.15) is 58.1 Å². The molecular formula is C18H24BFO2. The molecule has 2 nitrogen and oxygen atoms in total. The van der Waals surface area contributed by atoms with Crippen molar-refractivity contribution >= 4 is 7.12 Å². The molecule has 5 rings (SSSR count). The molecule has 0 amide bonds. The van der Waals surface area contributed by atoms with E-state index in [2.05, 4.69) is 27.7 Å². The standard InChI is InChI=1S/C18H24BFO2/c1-12-7-6-8-13(20)14(12)17-9-18(10-17,11-17)19-21-15(2,3)16(4,5)22-19/h6-8H,9-11H2,1-5H3. The summed E-state index contributed by atoms with van der Waals surface area (Å²) in [6.45, 7) is 10.4. The van der Waals surface area contributed by atoms with Crippen LogP contribution in [-0.2, 0) is 14.7 Å². The van der Waals surface area contributed by atoms with Crippen molar-refractivity contribution < 1.29 is 13.7 Å². The minimum atomic E-state index is -0.284. The van der Waals surface area contributed by atoms with Crippen LogP contribution in [-0.4, -0.2) is 18.3 Å². The van der Waals surface area contributed by atoms with Crippen LogP contribution in [0.25, 0.3) is 0 Å². The van der Waals surface area contributed by atoms with Gasteiger partial charge in [0.25, 0.3) is 0 Å². The van der Waals surface area contributed by atoms with E-state index in [1.54, 1.807) is 12.1 Å². The van der Waals surface area contributed by atoms with Gasteiger partial charge in [0.05, 0.1) is 11.2 Å². The quantitative estimate of drug-likeness (QED) is 0.754. The van der Waals surface area contributed by atoms with Gasteiger partial charge in [0.1, 0.15) is 5.82 Å². The number of benzene rings is 1. The molecule has 0 spiro atoms. The average Bonchev–Trinajstić information content (AvgIpc) is 2.48. The summed E-state index contributed by atoms with van der Waals surface area (Å²) >= 11 is 0. The Morgan fingerprint density at radius 1 is 1.00 bits per heavy atom. The summed E-state index contributed by atoms with van der Waals surface area (Å²) in [4.78, 5) is 0. The van der Waals surface area contributed by atoms with Crippen molar-refractivity contribution in [2.24, 2.45) is 0 Å². The van der Waals surface area contributed by atoms with Crippen molar-refractivity contribution in [3.05, 3.63) is 35.1 Å². The Hall–Kier alpha value is -0.865. The number of aryl methyl sites for hydroxylation is 1. The second kappa shape index (κ2) is 3.96. The van der Waals surface area contributed by atoms with Crippen LogP contribution in [0.2, 0.25) is 5.31 Å². The zero-order valence-corrected chi connectivity index (χ0v) is 14.1. The molecule has 0 aromatic heterocycles. The Morgan fingerprint density at radius 3 is 2.05 bits per heavy atom. The van der Waals surface area contributed by atoms with E-state index in [0.29, 0.717) is 0 Å². The predicted octanol–water partition coefficient (Wildman–Crippen LogP) is 4.40. The summed E-state index contributed by atoms with van der Waals surface area (Å²) in [6, 6.07) is 5.40. The van der Waals surface area contributed by atoms with E-state index in [9.17, 15) is 4.39 Å². The highest BCUT2D eigenvalue weighted by Gasteiger charge is 2.77. The average molecular weight is 302 g/mol. The number of halogens is 1. The molecule has 3 aliphatic carbocycles. The molecule has 4 fully saturated rings. The van der Waals surface area contributed by atoms with Crippen molar-refractivity contribution in [2.75, 3.05) is 0 Å². The largest absolute Gasteiger partial charge is 0.464 e. The fourth-order valence-electron chi connectivity index (χ4n) is 4.78. The summed E-state index contributed by atoms with van der Waals surface area (Å²) in [5.41, 5.74) is 1.46. The van der Waals surface area contributed by atoms with Gasteiger partial charge in [-0.3, -0.25) is 0 Å². The Balaban J connectivity index is 1.56. The molecule has 3 saturated carbocycles. The molecule has 1 saturated heterocycles. The maximum absolute atomic E-state index is 14.3. The summed E-state index contributed by atoms with van der Waals surface area (Å²) in [5, 5.41) is 0.0970. The summed E-state index contributed by atoms with van der Waals surface area (Å²) in [6.07, 6.45) is 2.95. The second-order valence-corrected chi connectivity index (χ2v) is 8.69. The van der Waals surface area contributed by atoms with E-state index in [1.807, 2.05) is 13.0 Å². The van der Waals surface area contributed by atoms with Gasteiger partial charge in [0.2, 0.25) is 0 Å². The molecule has 1 aromatic carbocycles. The van der Waals surface area contributed by atoms with Crippen LogP contribution in [0.5, 0.6) is 0 Å². The van der Waals surface area contributed by atoms with Crippen LogP contribution in [0, 0.1) is 12.7 Å². The third-order valence-electron chi connectivity index (χ3n) is 6.58. The van der Waals surface area contributed by atoms with E-state index < -0.39 is 0 Å². The highest BCUT2D eigenvalue weighted by molar-refractivity contribution is 6.51. The molecular weight excluding hydrogens is 278 g/mol. The Labute approximate surface area is 132 Å². The molecule has 1 heterocycles. The first-order chi connectivity index (χ1) is 10.1. The molecule has 1 aliphatic heterocycles.